The van der Waals surface area contributed by atoms with Crippen LogP contribution in [0, 0.1) is 48.5 Å². The van der Waals surface area contributed by atoms with Crippen LogP contribution >= 0.6 is 0 Å². The molecule has 0 aliphatic heterocycles. The Morgan fingerprint density at radius 1 is 0.435 bits per heavy atom. The van der Waals surface area contributed by atoms with Crippen LogP contribution in [0.15, 0.2) is 18.2 Å². The highest BCUT2D eigenvalue weighted by atomic mass is 14.2. The first-order valence-electron chi connectivity index (χ1n) is 8.49. The van der Waals surface area contributed by atoms with Gasteiger partial charge >= 0.3 is 0 Å². The molecule has 116 valence electrons. The van der Waals surface area contributed by atoms with Crippen LogP contribution in [0.2, 0.25) is 0 Å². The van der Waals surface area contributed by atoms with E-state index in [0.717, 1.165) is 0 Å². The quantitative estimate of drug-likeness (QED) is 0.315. The van der Waals surface area contributed by atoms with Crippen molar-refractivity contribution in [1.29, 1.82) is 0 Å². The Hall–Kier alpha value is -2.08. The molecule has 0 heterocycles. The number of hydrogen-bond donors (Lipinski definition) is 0. The summed E-state index contributed by atoms with van der Waals surface area (Å²) in [6, 6.07) is 7.09. The summed E-state index contributed by atoms with van der Waals surface area (Å²) >= 11 is 0. The lowest BCUT2D eigenvalue weighted by molar-refractivity contribution is 1.30. The van der Waals surface area contributed by atoms with E-state index in [4.69, 9.17) is 0 Å². The van der Waals surface area contributed by atoms with E-state index in [2.05, 4.69) is 66.7 Å². The third-order valence-electron chi connectivity index (χ3n) is 6.32. The molecule has 0 aliphatic rings. The van der Waals surface area contributed by atoms with Crippen LogP contribution in [0.4, 0.5) is 0 Å². The first kappa shape index (κ1) is 14.5. The maximum absolute atomic E-state index is 2.41. The van der Waals surface area contributed by atoms with Crippen LogP contribution < -0.4 is 0 Å². The van der Waals surface area contributed by atoms with Gasteiger partial charge in [-0.2, -0.15) is 0 Å². The van der Waals surface area contributed by atoms with Gasteiger partial charge in [0.25, 0.3) is 0 Å². The van der Waals surface area contributed by atoms with E-state index in [9.17, 15) is 0 Å². The highest BCUT2D eigenvalue weighted by Gasteiger charge is 2.19. The Morgan fingerprint density at radius 3 is 1.52 bits per heavy atom. The maximum Gasteiger partial charge on any atom is -0.00184 e. The van der Waals surface area contributed by atoms with E-state index >= 15 is 0 Å². The third kappa shape index (κ3) is 1.62. The van der Waals surface area contributed by atoms with Crippen LogP contribution in [0.1, 0.15) is 38.9 Å². The van der Waals surface area contributed by atoms with Crippen molar-refractivity contribution in [3.8, 4) is 0 Å². The average Bonchev–Trinajstić information content (AvgIpc) is 2.54. The Labute approximate surface area is 138 Å². The Bertz CT molecular complexity index is 1110. The molecule has 0 aromatic heterocycles. The van der Waals surface area contributed by atoms with Gasteiger partial charge in [0, 0.05) is 0 Å². The number of hydrogen-bond acceptors (Lipinski definition) is 0. The molecule has 0 saturated heterocycles. The van der Waals surface area contributed by atoms with E-state index in [1.165, 1.54) is 71.3 Å². The van der Waals surface area contributed by atoms with Crippen LogP contribution in [-0.4, -0.2) is 0 Å². The molecule has 4 aromatic carbocycles. The van der Waals surface area contributed by atoms with Gasteiger partial charge in [-0.1, -0.05) is 18.2 Å². The molecule has 0 unspecified atom stereocenters. The summed E-state index contributed by atoms with van der Waals surface area (Å²) in [4.78, 5) is 0. The van der Waals surface area contributed by atoms with Gasteiger partial charge in [-0.05, 0) is 120 Å². The van der Waals surface area contributed by atoms with Crippen molar-refractivity contribution in [2.45, 2.75) is 48.5 Å². The van der Waals surface area contributed by atoms with E-state index in [1.54, 1.807) is 0 Å². The van der Waals surface area contributed by atoms with Gasteiger partial charge in [-0.3, -0.25) is 0 Å². The van der Waals surface area contributed by atoms with Crippen LogP contribution in [0.3, 0.4) is 0 Å². The van der Waals surface area contributed by atoms with Crippen molar-refractivity contribution in [3.05, 3.63) is 57.1 Å². The molecule has 4 rings (SSSR count). The molecule has 0 saturated carbocycles. The smallest absolute Gasteiger partial charge is 0.00184 e. The summed E-state index contributed by atoms with van der Waals surface area (Å²) < 4.78 is 0. The monoisotopic (exact) mass is 300 g/mol. The molecular formula is C23H24. The molecule has 0 fully saturated rings. The lowest BCUT2D eigenvalue weighted by Gasteiger charge is -2.22. The van der Waals surface area contributed by atoms with Crippen molar-refractivity contribution < 1.29 is 0 Å². The lowest BCUT2D eigenvalue weighted by atomic mass is 9.82. The molecule has 4 aromatic rings. The van der Waals surface area contributed by atoms with Crippen molar-refractivity contribution in [3.63, 3.8) is 0 Å². The third-order valence-corrected chi connectivity index (χ3v) is 6.32. The fourth-order valence-corrected chi connectivity index (χ4v) is 4.46. The Balaban J connectivity index is 2.50. The molecule has 0 heteroatoms. The van der Waals surface area contributed by atoms with Gasteiger partial charge in [0.1, 0.15) is 0 Å². The molecular weight excluding hydrogens is 276 g/mol. The van der Waals surface area contributed by atoms with Crippen molar-refractivity contribution in [2.75, 3.05) is 0 Å². The molecule has 0 amide bonds. The molecule has 0 nitrogen and oxygen atoms in total. The largest absolute Gasteiger partial charge is 0.0534 e. The van der Waals surface area contributed by atoms with Crippen molar-refractivity contribution in [1.82, 2.24) is 0 Å². The minimum absolute atomic E-state index is 1.40. The van der Waals surface area contributed by atoms with Gasteiger partial charge in [0.2, 0.25) is 0 Å². The summed E-state index contributed by atoms with van der Waals surface area (Å²) in [6.45, 7) is 15.9. The average molecular weight is 300 g/mol. The molecule has 0 radical (unpaired) electrons. The Morgan fingerprint density at radius 2 is 0.913 bits per heavy atom. The zero-order valence-electron chi connectivity index (χ0n) is 15.2. The van der Waals surface area contributed by atoms with E-state index in [1.807, 2.05) is 0 Å². The SMILES string of the molecule is Cc1c(C)c2ccc3c(C)c(C)c(C)c4c(C)cc(c1C)c2c34. The number of rotatable bonds is 0. The maximum atomic E-state index is 2.41. The summed E-state index contributed by atoms with van der Waals surface area (Å²) in [5.41, 5.74) is 10.0. The van der Waals surface area contributed by atoms with Crippen LogP contribution in [0.5, 0.6) is 0 Å². The second kappa shape index (κ2) is 4.47. The first-order valence-corrected chi connectivity index (χ1v) is 8.49. The molecule has 0 atom stereocenters. The molecule has 0 spiro atoms. The van der Waals surface area contributed by atoms with E-state index < -0.39 is 0 Å². The van der Waals surface area contributed by atoms with Crippen molar-refractivity contribution >= 4 is 32.3 Å². The minimum atomic E-state index is 1.40. The molecule has 0 aliphatic carbocycles. The molecule has 0 bridgehead atoms. The Kier molecular flexibility index (Phi) is 2.82. The van der Waals surface area contributed by atoms with Gasteiger partial charge in [0.05, 0.1) is 0 Å². The van der Waals surface area contributed by atoms with Gasteiger partial charge in [-0.25, -0.2) is 0 Å². The predicted octanol–water partition coefficient (Wildman–Crippen LogP) is 6.74. The zero-order valence-corrected chi connectivity index (χ0v) is 15.2. The second-order valence-corrected chi connectivity index (χ2v) is 7.28. The number of aryl methyl sites for hydroxylation is 5. The lowest BCUT2D eigenvalue weighted by Crippen LogP contribution is -1.99. The predicted molar refractivity (Wildman–Crippen MR) is 103 cm³/mol. The van der Waals surface area contributed by atoms with Crippen LogP contribution in [0.25, 0.3) is 32.3 Å². The zero-order chi connectivity index (χ0) is 16.6. The fourth-order valence-electron chi connectivity index (χ4n) is 4.46. The molecule has 23 heavy (non-hydrogen) atoms. The van der Waals surface area contributed by atoms with Gasteiger partial charge in [-0.15, -0.1) is 0 Å². The first-order chi connectivity index (χ1) is 10.8. The van der Waals surface area contributed by atoms with Gasteiger partial charge in [0.15, 0.2) is 0 Å². The van der Waals surface area contributed by atoms with E-state index in [-0.39, 0.29) is 0 Å². The summed E-state index contributed by atoms with van der Waals surface area (Å²) in [5, 5.41) is 8.68. The standard InChI is InChI=1S/C23H24/c1-11-10-20-16(6)12(2)14(4)18-8-9-19-15(5)13(3)17(7)21(11)23(19)22(18)20/h8-10H,1-7H3. The second-order valence-electron chi connectivity index (χ2n) is 7.28. The topological polar surface area (TPSA) is 0 Å². The minimum Gasteiger partial charge on any atom is -0.0534 e. The highest BCUT2D eigenvalue weighted by Crippen LogP contribution is 2.43. The normalized spacial score (nSPS) is 12.1. The van der Waals surface area contributed by atoms with Crippen molar-refractivity contribution in [2.24, 2.45) is 0 Å². The van der Waals surface area contributed by atoms with Crippen LogP contribution in [-0.2, 0) is 0 Å². The fraction of sp³-hybridized carbons (Fsp3) is 0.304. The van der Waals surface area contributed by atoms with E-state index in [0.29, 0.717) is 0 Å². The summed E-state index contributed by atoms with van der Waals surface area (Å²) in [6.07, 6.45) is 0. The number of benzene rings is 4. The van der Waals surface area contributed by atoms with Gasteiger partial charge < -0.3 is 0 Å². The summed E-state index contributed by atoms with van der Waals surface area (Å²) in [5.74, 6) is 0. The summed E-state index contributed by atoms with van der Waals surface area (Å²) in [7, 11) is 0. The highest BCUT2D eigenvalue weighted by molar-refractivity contribution is 6.26. The molecule has 0 N–H and O–H groups in total.